The fourth-order valence-corrected chi connectivity index (χ4v) is 4.63. The molecule has 2 aliphatic heterocycles. The number of aromatic nitrogens is 3. The number of rotatable bonds is 5. The Hall–Kier alpha value is -3.04. The third-order valence-electron chi connectivity index (χ3n) is 5.58. The second kappa shape index (κ2) is 7.90. The van der Waals surface area contributed by atoms with Gasteiger partial charge in [-0.15, -0.1) is 0 Å². The van der Waals surface area contributed by atoms with E-state index in [2.05, 4.69) is 10.1 Å². The highest BCUT2D eigenvalue weighted by atomic mass is 32.2. The molecule has 160 valence electrons. The van der Waals surface area contributed by atoms with E-state index in [-0.39, 0.29) is 12.5 Å². The quantitative estimate of drug-likeness (QED) is 0.654. The molecular formula is C22H22N4O4S. The van der Waals surface area contributed by atoms with Crippen LogP contribution in [0.25, 0.3) is 0 Å². The van der Waals surface area contributed by atoms with Crippen molar-refractivity contribution >= 4 is 17.9 Å². The van der Waals surface area contributed by atoms with Gasteiger partial charge in [0.25, 0.3) is 0 Å². The van der Waals surface area contributed by atoms with Gasteiger partial charge in [-0.3, -0.25) is 9.78 Å². The first-order chi connectivity index (χ1) is 15.1. The predicted molar refractivity (Wildman–Crippen MR) is 114 cm³/mol. The SMILES string of the molecule is CC(CO)(C(=O)N1Cc2cn(Sc3ccc4c(c3)OCCO4)nc2C1)c1ccccn1. The maximum absolute atomic E-state index is 13.2. The van der Waals surface area contributed by atoms with Crippen molar-refractivity contribution < 1.29 is 19.4 Å². The van der Waals surface area contributed by atoms with Crippen molar-refractivity contribution in [2.45, 2.75) is 30.3 Å². The van der Waals surface area contributed by atoms with E-state index in [9.17, 15) is 9.90 Å². The number of nitrogens with zero attached hydrogens (tertiary/aromatic N) is 4. The van der Waals surface area contributed by atoms with Gasteiger partial charge in [0.2, 0.25) is 5.91 Å². The molecule has 1 unspecified atom stereocenters. The molecule has 1 N–H and O–H groups in total. The Bertz CT molecular complexity index is 1100. The zero-order valence-corrected chi connectivity index (χ0v) is 17.8. The average Bonchev–Trinajstić information content (AvgIpc) is 3.37. The van der Waals surface area contributed by atoms with Crippen molar-refractivity contribution in [1.29, 1.82) is 0 Å². The van der Waals surface area contributed by atoms with Gasteiger partial charge >= 0.3 is 0 Å². The topological polar surface area (TPSA) is 89.7 Å². The number of aliphatic hydroxyl groups excluding tert-OH is 1. The number of fused-ring (bicyclic) bond motifs is 2. The molecule has 0 bridgehead atoms. The van der Waals surface area contributed by atoms with Crippen LogP contribution in [0.5, 0.6) is 11.5 Å². The zero-order valence-electron chi connectivity index (χ0n) is 17.0. The van der Waals surface area contributed by atoms with Gasteiger partial charge in [-0.1, -0.05) is 6.07 Å². The maximum atomic E-state index is 13.2. The summed E-state index contributed by atoms with van der Waals surface area (Å²) in [4.78, 5) is 20.2. The van der Waals surface area contributed by atoms with E-state index in [0.29, 0.717) is 32.0 Å². The molecule has 2 aromatic heterocycles. The first kappa shape index (κ1) is 19.9. The largest absolute Gasteiger partial charge is 0.486 e. The van der Waals surface area contributed by atoms with Crippen LogP contribution >= 0.6 is 11.9 Å². The second-order valence-corrected chi connectivity index (χ2v) is 8.79. The number of hydrogen-bond donors (Lipinski definition) is 1. The predicted octanol–water partition coefficient (Wildman–Crippen LogP) is 2.40. The molecule has 4 heterocycles. The minimum atomic E-state index is -1.08. The molecule has 0 fully saturated rings. The van der Waals surface area contributed by atoms with Gasteiger partial charge in [0.1, 0.15) is 18.6 Å². The highest BCUT2D eigenvalue weighted by molar-refractivity contribution is 7.97. The summed E-state index contributed by atoms with van der Waals surface area (Å²) >= 11 is 1.48. The Balaban J connectivity index is 1.29. The molecule has 0 aliphatic carbocycles. The summed E-state index contributed by atoms with van der Waals surface area (Å²) in [6.45, 7) is 3.40. The Morgan fingerprint density at radius 2 is 2.03 bits per heavy atom. The third kappa shape index (κ3) is 3.64. The van der Waals surface area contributed by atoms with Crippen LogP contribution in [-0.4, -0.2) is 49.9 Å². The van der Waals surface area contributed by atoms with Crippen LogP contribution in [0.1, 0.15) is 23.9 Å². The van der Waals surface area contributed by atoms with Crippen LogP contribution in [0.4, 0.5) is 0 Å². The summed E-state index contributed by atoms with van der Waals surface area (Å²) in [6, 6.07) is 11.2. The molecule has 2 aliphatic rings. The summed E-state index contributed by atoms with van der Waals surface area (Å²) in [6.07, 6.45) is 3.58. The van der Waals surface area contributed by atoms with Crippen LogP contribution < -0.4 is 9.47 Å². The van der Waals surface area contributed by atoms with Crippen molar-refractivity contribution in [1.82, 2.24) is 19.1 Å². The molecule has 0 saturated heterocycles. The molecule has 8 nitrogen and oxygen atoms in total. The van der Waals surface area contributed by atoms with Gasteiger partial charge < -0.3 is 19.5 Å². The van der Waals surface area contributed by atoms with E-state index >= 15 is 0 Å². The molecule has 0 radical (unpaired) electrons. The summed E-state index contributed by atoms with van der Waals surface area (Å²) in [5.41, 5.74) is 1.34. The number of pyridine rings is 1. The highest BCUT2D eigenvalue weighted by Crippen LogP contribution is 2.36. The monoisotopic (exact) mass is 438 g/mol. The molecular weight excluding hydrogens is 416 g/mol. The lowest BCUT2D eigenvalue weighted by molar-refractivity contribution is -0.139. The van der Waals surface area contributed by atoms with Crippen molar-refractivity contribution in [2.75, 3.05) is 19.8 Å². The molecule has 1 atom stereocenters. The highest BCUT2D eigenvalue weighted by Gasteiger charge is 2.41. The third-order valence-corrected chi connectivity index (χ3v) is 6.42. The van der Waals surface area contributed by atoms with Crippen LogP contribution in [0.15, 0.2) is 53.7 Å². The van der Waals surface area contributed by atoms with Crippen LogP contribution in [0.2, 0.25) is 0 Å². The first-order valence-corrected chi connectivity index (χ1v) is 10.8. The minimum absolute atomic E-state index is 0.155. The minimum Gasteiger partial charge on any atom is -0.486 e. The van der Waals surface area contributed by atoms with Crippen LogP contribution in [0.3, 0.4) is 0 Å². The van der Waals surface area contributed by atoms with Crippen LogP contribution in [-0.2, 0) is 23.3 Å². The Kier molecular flexibility index (Phi) is 5.07. The number of hydrogen-bond acceptors (Lipinski definition) is 7. The number of carbonyl (C=O) groups is 1. The van der Waals surface area contributed by atoms with Gasteiger partial charge in [-0.2, -0.15) is 5.10 Å². The van der Waals surface area contributed by atoms with Gasteiger partial charge in [0, 0.05) is 41.3 Å². The van der Waals surface area contributed by atoms with Gasteiger partial charge in [-0.05, 0) is 37.3 Å². The standard InChI is InChI=1S/C22H22N4O4S/c1-22(14-27,20-4-2-3-7-23-20)21(28)25-11-15-12-26(24-17(15)13-25)31-16-5-6-18-19(10-16)30-9-8-29-18/h2-7,10,12,27H,8-9,11,13-14H2,1H3. The Morgan fingerprint density at radius 3 is 2.77 bits per heavy atom. The lowest BCUT2D eigenvalue weighted by Crippen LogP contribution is -2.46. The first-order valence-electron chi connectivity index (χ1n) is 10.0. The van der Waals surface area contributed by atoms with E-state index in [1.807, 2.05) is 34.5 Å². The number of ether oxygens (including phenoxy) is 2. The summed E-state index contributed by atoms with van der Waals surface area (Å²) in [5, 5.41) is 14.6. The van der Waals surface area contributed by atoms with E-state index in [4.69, 9.17) is 9.47 Å². The zero-order chi connectivity index (χ0) is 21.4. The van der Waals surface area contributed by atoms with Crippen molar-refractivity contribution in [3.8, 4) is 11.5 Å². The molecule has 1 amide bonds. The van der Waals surface area contributed by atoms with Crippen LogP contribution in [0, 0.1) is 0 Å². The van der Waals surface area contributed by atoms with E-state index in [1.54, 1.807) is 30.2 Å². The number of carbonyl (C=O) groups excluding carboxylic acids is 1. The van der Waals surface area contributed by atoms with Gasteiger partial charge in [0.05, 0.1) is 24.5 Å². The molecule has 5 rings (SSSR count). The van der Waals surface area contributed by atoms with Gasteiger partial charge in [0.15, 0.2) is 11.5 Å². The molecule has 0 saturated carbocycles. The number of benzene rings is 1. The fraction of sp³-hybridized carbons (Fsp3) is 0.318. The second-order valence-electron chi connectivity index (χ2n) is 7.77. The fourth-order valence-electron chi connectivity index (χ4n) is 3.80. The van der Waals surface area contributed by atoms with Crippen molar-refractivity contribution in [3.05, 3.63) is 65.7 Å². The van der Waals surface area contributed by atoms with Crippen molar-refractivity contribution in [3.63, 3.8) is 0 Å². The van der Waals surface area contributed by atoms with E-state index in [1.165, 1.54) is 11.9 Å². The molecule has 9 heteroatoms. The molecule has 1 aromatic carbocycles. The smallest absolute Gasteiger partial charge is 0.237 e. The Labute approximate surface area is 183 Å². The van der Waals surface area contributed by atoms with E-state index < -0.39 is 5.41 Å². The molecule has 31 heavy (non-hydrogen) atoms. The summed E-state index contributed by atoms with van der Waals surface area (Å²) in [5.74, 6) is 1.34. The Morgan fingerprint density at radius 1 is 1.19 bits per heavy atom. The van der Waals surface area contributed by atoms with E-state index in [0.717, 1.165) is 27.7 Å². The number of amides is 1. The average molecular weight is 439 g/mol. The lowest BCUT2D eigenvalue weighted by Gasteiger charge is -2.30. The summed E-state index contributed by atoms with van der Waals surface area (Å²) < 4.78 is 13.0. The molecule has 0 spiro atoms. The van der Waals surface area contributed by atoms with Crippen molar-refractivity contribution in [2.24, 2.45) is 0 Å². The number of aliphatic hydroxyl groups is 1. The normalized spacial score (nSPS) is 16.6. The lowest BCUT2D eigenvalue weighted by atomic mass is 9.85. The van der Waals surface area contributed by atoms with Gasteiger partial charge in [-0.25, -0.2) is 4.09 Å². The maximum Gasteiger partial charge on any atom is 0.237 e. The molecule has 3 aromatic rings. The summed E-state index contributed by atoms with van der Waals surface area (Å²) in [7, 11) is 0.